The van der Waals surface area contributed by atoms with Crippen LogP contribution in [0.4, 0.5) is 0 Å². The molecule has 0 radical (unpaired) electrons. The second-order valence-electron chi connectivity index (χ2n) is 5.55. The highest BCUT2D eigenvalue weighted by Crippen LogP contribution is 2.32. The fraction of sp³-hybridized carbons (Fsp3) is 0.312. The molecule has 2 heterocycles. The summed E-state index contributed by atoms with van der Waals surface area (Å²) < 4.78 is 0. The molecule has 0 fully saturated rings. The minimum atomic E-state index is -0.376. The second kappa shape index (κ2) is 6.27. The van der Waals surface area contributed by atoms with Crippen molar-refractivity contribution in [3.8, 4) is 0 Å². The van der Waals surface area contributed by atoms with Crippen molar-refractivity contribution in [2.75, 3.05) is 0 Å². The van der Waals surface area contributed by atoms with Crippen LogP contribution in [0.25, 0.3) is 0 Å². The summed E-state index contributed by atoms with van der Waals surface area (Å²) in [4.78, 5) is 29.3. The number of hydrogen-bond donors (Lipinski definition) is 2. The lowest BCUT2D eigenvalue weighted by molar-refractivity contribution is 0.0846. The zero-order chi connectivity index (χ0) is 15.5. The average Bonchev–Trinajstić information content (AvgIpc) is 2.96. The van der Waals surface area contributed by atoms with Gasteiger partial charge in [-0.1, -0.05) is 6.92 Å². The number of carbonyl (C=O) groups excluding carboxylic acids is 2. The lowest BCUT2D eigenvalue weighted by Crippen LogP contribution is -2.41. The molecule has 2 aromatic heterocycles. The largest absolute Gasteiger partial charge is 0.271 e. The summed E-state index contributed by atoms with van der Waals surface area (Å²) in [5.41, 5.74) is 7.13. The minimum Gasteiger partial charge on any atom is -0.267 e. The molecule has 1 aliphatic carbocycles. The van der Waals surface area contributed by atoms with Gasteiger partial charge in [-0.2, -0.15) is 0 Å². The van der Waals surface area contributed by atoms with Gasteiger partial charge in [-0.25, -0.2) is 0 Å². The quantitative estimate of drug-likeness (QED) is 0.836. The summed E-state index contributed by atoms with van der Waals surface area (Å²) >= 11 is 1.63. The monoisotopic (exact) mass is 315 g/mol. The number of carbonyl (C=O) groups is 2. The first kappa shape index (κ1) is 14.7. The molecule has 5 nitrogen and oxygen atoms in total. The molecule has 0 saturated carbocycles. The number of hydrogen-bond acceptors (Lipinski definition) is 4. The van der Waals surface area contributed by atoms with Gasteiger partial charge in [-0.05, 0) is 42.9 Å². The Labute approximate surface area is 132 Å². The third kappa shape index (κ3) is 3.01. The number of fused-ring (bicyclic) bond motifs is 1. The second-order valence-corrected chi connectivity index (χ2v) is 6.51. The molecule has 22 heavy (non-hydrogen) atoms. The van der Waals surface area contributed by atoms with Gasteiger partial charge in [0.05, 0.1) is 11.1 Å². The van der Waals surface area contributed by atoms with Crippen molar-refractivity contribution in [1.82, 2.24) is 15.8 Å². The van der Waals surface area contributed by atoms with Gasteiger partial charge in [-0.15, -0.1) is 11.3 Å². The lowest BCUT2D eigenvalue weighted by atomic mass is 9.88. The van der Waals surface area contributed by atoms with Crippen molar-refractivity contribution >= 4 is 23.2 Å². The van der Waals surface area contributed by atoms with Crippen LogP contribution < -0.4 is 10.9 Å². The SMILES string of the molecule is CC1CCc2c(C(=O)NNC(=O)c3cccnc3)csc2C1. The Hall–Kier alpha value is -2.21. The first-order valence-corrected chi connectivity index (χ1v) is 8.13. The Kier molecular flexibility index (Phi) is 4.20. The Bertz CT molecular complexity index is 697. The molecule has 1 aliphatic rings. The topological polar surface area (TPSA) is 71.1 Å². The summed E-state index contributed by atoms with van der Waals surface area (Å²) in [6.45, 7) is 2.23. The molecule has 2 N–H and O–H groups in total. The number of nitrogens with one attached hydrogen (secondary N) is 2. The van der Waals surface area contributed by atoms with Crippen molar-refractivity contribution in [2.24, 2.45) is 5.92 Å². The molecule has 0 bridgehead atoms. The van der Waals surface area contributed by atoms with Crippen LogP contribution >= 0.6 is 11.3 Å². The maximum Gasteiger partial charge on any atom is 0.271 e. The summed E-state index contributed by atoms with van der Waals surface area (Å²) in [5, 5.41) is 1.88. The van der Waals surface area contributed by atoms with Crippen molar-refractivity contribution in [1.29, 1.82) is 0 Å². The molecule has 0 aliphatic heterocycles. The van der Waals surface area contributed by atoms with E-state index in [1.165, 1.54) is 11.1 Å². The molecular formula is C16H17N3O2S. The molecule has 0 saturated heterocycles. The number of aromatic nitrogens is 1. The zero-order valence-electron chi connectivity index (χ0n) is 12.3. The molecular weight excluding hydrogens is 298 g/mol. The molecule has 3 rings (SSSR count). The van der Waals surface area contributed by atoms with Crippen LogP contribution in [-0.4, -0.2) is 16.8 Å². The number of nitrogens with zero attached hydrogens (tertiary/aromatic N) is 1. The van der Waals surface area contributed by atoms with Crippen LogP contribution in [0, 0.1) is 5.92 Å². The predicted octanol–water partition coefficient (Wildman–Crippen LogP) is 2.34. The van der Waals surface area contributed by atoms with Crippen molar-refractivity contribution in [3.63, 3.8) is 0 Å². The predicted molar refractivity (Wildman–Crippen MR) is 84.7 cm³/mol. The third-order valence-electron chi connectivity index (χ3n) is 3.86. The number of thiophene rings is 1. The van der Waals surface area contributed by atoms with Gasteiger partial charge in [0.25, 0.3) is 11.8 Å². The fourth-order valence-electron chi connectivity index (χ4n) is 2.62. The van der Waals surface area contributed by atoms with E-state index in [2.05, 4.69) is 22.8 Å². The van der Waals surface area contributed by atoms with Gasteiger partial charge in [0.2, 0.25) is 0 Å². The lowest BCUT2D eigenvalue weighted by Gasteiger charge is -2.18. The van der Waals surface area contributed by atoms with Gasteiger partial charge in [0.1, 0.15) is 0 Å². The maximum atomic E-state index is 12.3. The van der Waals surface area contributed by atoms with E-state index >= 15 is 0 Å². The first-order chi connectivity index (χ1) is 10.6. The van der Waals surface area contributed by atoms with Gasteiger partial charge in [0.15, 0.2) is 0 Å². The molecule has 6 heteroatoms. The van der Waals surface area contributed by atoms with E-state index < -0.39 is 0 Å². The molecule has 2 amide bonds. The fourth-order valence-corrected chi connectivity index (χ4v) is 3.86. The smallest absolute Gasteiger partial charge is 0.267 e. The van der Waals surface area contributed by atoms with Crippen LogP contribution in [0.3, 0.4) is 0 Å². The van der Waals surface area contributed by atoms with Gasteiger partial charge in [0, 0.05) is 22.7 Å². The van der Waals surface area contributed by atoms with Gasteiger partial charge in [-0.3, -0.25) is 25.4 Å². The number of pyridine rings is 1. The molecule has 1 atom stereocenters. The van der Waals surface area contributed by atoms with E-state index in [0.29, 0.717) is 17.0 Å². The zero-order valence-corrected chi connectivity index (χ0v) is 13.1. The molecule has 0 aromatic carbocycles. The summed E-state index contributed by atoms with van der Waals surface area (Å²) in [5.74, 6) is 0.0378. The Morgan fingerprint density at radius 2 is 2.14 bits per heavy atom. The van der Waals surface area contributed by atoms with Crippen molar-refractivity contribution in [2.45, 2.75) is 26.2 Å². The highest BCUT2D eigenvalue weighted by molar-refractivity contribution is 7.10. The van der Waals surface area contributed by atoms with E-state index in [1.54, 1.807) is 29.7 Å². The molecule has 1 unspecified atom stereocenters. The maximum absolute atomic E-state index is 12.3. The Morgan fingerprint density at radius 1 is 1.32 bits per heavy atom. The van der Waals surface area contributed by atoms with E-state index in [1.807, 2.05) is 5.38 Å². The number of amides is 2. The van der Waals surface area contributed by atoms with Crippen LogP contribution in [0.2, 0.25) is 0 Å². The highest BCUT2D eigenvalue weighted by Gasteiger charge is 2.23. The summed E-state index contributed by atoms with van der Waals surface area (Å²) in [6, 6.07) is 3.31. The summed E-state index contributed by atoms with van der Waals surface area (Å²) in [7, 11) is 0. The van der Waals surface area contributed by atoms with Gasteiger partial charge < -0.3 is 0 Å². The average molecular weight is 315 g/mol. The van der Waals surface area contributed by atoms with Gasteiger partial charge >= 0.3 is 0 Å². The van der Waals surface area contributed by atoms with E-state index in [0.717, 1.165) is 24.8 Å². The molecule has 2 aromatic rings. The standard InChI is InChI=1S/C16H17N3O2S/c1-10-4-5-12-13(9-22-14(12)7-10)16(21)19-18-15(20)11-3-2-6-17-8-11/h2-3,6,8-10H,4-5,7H2,1H3,(H,18,20)(H,19,21). The third-order valence-corrected chi connectivity index (χ3v) is 4.91. The van der Waals surface area contributed by atoms with Crippen molar-refractivity contribution in [3.05, 3.63) is 51.5 Å². The van der Waals surface area contributed by atoms with E-state index in [-0.39, 0.29) is 11.8 Å². The van der Waals surface area contributed by atoms with Crippen LogP contribution in [-0.2, 0) is 12.8 Å². The normalized spacial score (nSPS) is 16.7. The number of hydrazine groups is 1. The van der Waals surface area contributed by atoms with Crippen LogP contribution in [0.1, 0.15) is 44.5 Å². The number of rotatable bonds is 2. The van der Waals surface area contributed by atoms with Crippen LogP contribution in [0.5, 0.6) is 0 Å². The van der Waals surface area contributed by atoms with E-state index in [9.17, 15) is 9.59 Å². The minimum absolute atomic E-state index is 0.260. The van der Waals surface area contributed by atoms with Crippen LogP contribution in [0.15, 0.2) is 29.9 Å². The van der Waals surface area contributed by atoms with E-state index in [4.69, 9.17) is 0 Å². The first-order valence-electron chi connectivity index (χ1n) is 7.25. The Morgan fingerprint density at radius 3 is 2.91 bits per heavy atom. The molecule has 114 valence electrons. The van der Waals surface area contributed by atoms with Crippen molar-refractivity contribution < 1.29 is 9.59 Å². The highest BCUT2D eigenvalue weighted by atomic mass is 32.1. The Balaban J connectivity index is 1.65. The summed E-state index contributed by atoms with van der Waals surface area (Å²) in [6.07, 6.45) is 6.12. The molecule has 0 spiro atoms.